The molecule has 0 saturated carbocycles. The van der Waals surface area contributed by atoms with Crippen molar-refractivity contribution in [3.8, 4) is 0 Å². The van der Waals surface area contributed by atoms with Gasteiger partial charge in [0, 0.05) is 0 Å². The number of oxazole rings is 3. The molecular weight excluding hydrogens is 498 g/mol. The molecule has 9 heteroatoms. The van der Waals surface area contributed by atoms with Gasteiger partial charge in [-0.2, -0.15) is 0 Å². The van der Waals surface area contributed by atoms with Crippen LogP contribution >= 0.6 is 0 Å². The second kappa shape index (κ2) is 14.6. The highest BCUT2D eigenvalue weighted by Gasteiger charge is 2.49. The van der Waals surface area contributed by atoms with E-state index < -0.39 is 16.1 Å². The van der Waals surface area contributed by atoms with Gasteiger partial charge in [0.25, 0.3) is 0 Å². The fourth-order valence-corrected chi connectivity index (χ4v) is 18.8. The van der Waals surface area contributed by atoms with Crippen molar-refractivity contribution in [1.82, 2.24) is 15.0 Å². The molecule has 3 heterocycles. The van der Waals surface area contributed by atoms with Crippen LogP contribution in [0.1, 0.15) is 93.6 Å². The molecule has 0 aromatic carbocycles. The molecule has 0 fully saturated rings. The lowest BCUT2D eigenvalue weighted by molar-refractivity contribution is 0.110. The lowest BCUT2D eigenvalue weighted by Gasteiger charge is -2.39. The molecule has 0 saturated heterocycles. The van der Waals surface area contributed by atoms with Crippen molar-refractivity contribution in [2.75, 3.05) is 0 Å². The lowest BCUT2D eigenvalue weighted by atomic mass is 10.5. The van der Waals surface area contributed by atoms with Crippen LogP contribution in [0.25, 0.3) is 0 Å². The number of hydrogen-bond acceptors (Lipinski definition) is 7. The first kappa shape index (κ1) is 32.8. The topological polar surface area (TPSA) is 95.2 Å². The van der Waals surface area contributed by atoms with E-state index in [1.807, 2.05) is 0 Å². The molecule has 0 radical (unpaired) electrons. The van der Waals surface area contributed by atoms with Gasteiger partial charge in [0.1, 0.15) is 12.5 Å². The third-order valence-electron chi connectivity index (χ3n) is 7.89. The van der Waals surface area contributed by atoms with E-state index >= 15 is 0 Å². The van der Waals surface area contributed by atoms with Crippen LogP contribution in [0.15, 0.2) is 50.8 Å². The summed E-state index contributed by atoms with van der Waals surface area (Å²) >= 11 is 0. The highest BCUT2D eigenvalue weighted by molar-refractivity contribution is 6.94. The minimum absolute atomic E-state index is 0.346. The van der Waals surface area contributed by atoms with Crippen LogP contribution in [-0.4, -0.2) is 37.4 Å². The monoisotopic (exact) mass is 547 g/mol. The minimum Gasteiger partial charge on any atom is -0.454 e. The average molecular weight is 548 g/mol. The average Bonchev–Trinajstić information content (AvgIpc) is 3.58. The van der Waals surface area contributed by atoms with E-state index in [1.54, 1.807) is 24.9 Å². The van der Waals surface area contributed by atoms with Crippen LogP contribution in [-0.2, 0) is 0 Å². The minimum atomic E-state index is -1.84. The fourth-order valence-electron chi connectivity index (χ4n) is 6.64. The van der Waals surface area contributed by atoms with Crippen molar-refractivity contribution in [2.45, 2.75) is 116 Å². The molecule has 0 amide bonds. The molecule has 0 unspecified atom stereocenters. The number of carbonyl (C=O) groups excluding carboxylic acids is 1. The predicted octanol–water partition coefficient (Wildman–Crippen LogP) is 7.61. The van der Waals surface area contributed by atoms with Crippen molar-refractivity contribution in [3.05, 3.63) is 43.3 Å². The molecule has 0 atom stereocenters. The van der Waals surface area contributed by atoms with Gasteiger partial charge >= 0.3 is 0 Å². The molecule has 0 spiro atoms. The molecular formula is C28H49N3O4Si2. The van der Waals surface area contributed by atoms with Crippen LogP contribution in [0.4, 0.5) is 0 Å². The summed E-state index contributed by atoms with van der Waals surface area (Å²) < 4.78 is 15.8. The van der Waals surface area contributed by atoms with Crippen LogP contribution < -0.4 is 11.0 Å². The second-order valence-corrected chi connectivity index (χ2v) is 23.0. The lowest BCUT2D eigenvalue weighted by Crippen LogP contribution is -2.56. The molecule has 208 valence electrons. The standard InChI is InChI=1S/C13H23NO2Si.C12H23NOSi.C3H3NO/c1-9(2)17(10(3)4,11(5)6)13-14-7-12(8-15)16-13;1-9(2)15(10(3)4,11(5)6)12-13-7-8-14-12;1-2-5-3-4-1/h7-11H,1-6H3;7-11H,1-6H3;1-3H. The predicted molar refractivity (Wildman–Crippen MR) is 156 cm³/mol. The third-order valence-corrected chi connectivity index (χ3v) is 21.3. The van der Waals surface area contributed by atoms with Crippen LogP contribution in [0, 0.1) is 0 Å². The number of aromatic nitrogens is 3. The van der Waals surface area contributed by atoms with E-state index in [4.69, 9.17) is 8.83 Å². The molecule has 7 nitrogen and oxygen atoms in total. The largest absolute Gasteiger partial charge is 0.454 e. The number of hydrogen-bond donors (Lipinski definition) is 0. The summed E-state index contributed by atoms with van der Waals surface area (Å²) in [6.45, 7) is 27.4. The Balaban J connectivity index is 0.000000312. The van der Waals surface area contributed by atoms with E-state index in [9.17, 15) is 4.79 Å². The SMILES string of the molecule is CC(C)[Si](c1ncc(C=O)o1)(C(C)C)C(C)C.CC(C)[Si](c1ncco1)(C(C)C)C(C)C.c1cocn1. The number of carbonyl (C=O) groups is 1. The van der Waals surface area contributed by atoms with E-state index in [0.717, 1.165) is 17.3 Å². The summed E-state index contributed by atoms with van der Waals surface area (Å²) in [4.78, 5) is 23.1. The van der Waals surface area contributed by atoms with Gasteiger partial charge in [0.05, 0.1) is 18.6 Å². The zero-order valence-electron chi connectivity index (χ0n) is 25.0. The molecule has 0 aliphatic heterocycles. The van der Waals surface area contributed by atoms with Crippen molar-refractivity contribution in [2.24, 2.45) is 0 Å². The fraction of sp³-hybridized carbons (Fsp3) is 0.643. The van der Waals surface area contributed by atoms with E-state index in [1.165, 1.54) is 12.7 Å². The summed E-state index contributed by atoms with van der Waals surface area (Å²) in [5.74, 6) is 0.346. The number of aldehydes is 1. The first-order chi connectivity index (χ1) is 17.3. The van der Waals surface area contributed by atoms with E-state index in [2.05, 4.69) is 102 Å². The molecule has 0 bridgehead atoms. The molecule has 3 rings (SSSR count). The Hall–Kier alpha value is -2.27. The first-order valence-corrected chi connectivity index (χ1v) is 17.9. The Labute approximate surface area is 225 Å². The maximum Gasteiger partial charge on any atom is 0.187 e. The molecule has 0 aliphatic rings. The normalized spacial score (nSPS) is 12.3. The van der Waals surface area contributed by atoms with Crippen LogP contribution in [0.3, 0.4) is 0 Å². The molecule has 3 aromatic rings. The summed E-state index contributed by atoms with van der Waals surface area (Å²) in [5.41, 5.74) is 5.48. The van der Waals surface area contributed by atoms with E-state index in [-0.39, 0.29) is 0 Å². The van der Waals surface area contributed by atoms with Gasteiger partial charge in [0.15, 0.2) is 45.6 Å². The second-order valence-electron chi connectivity index (χ2n) is 11.5. The summed E-state index contributed by atoms with van der Waals surface area (Å²) in [5, 5.41) is 0. The van der Waals surface area contributed by atoms with Gasteiger partial charge in [-0.1, -0.05) is 83.1 Å². The van der Waals surface area contributed by atoms with Crippen LogP contribution in [0.2, 0.25) is 33.2 Å². The maximum atomic E-state index is 10.7. The Morgan fingerprint density at radius 1 is 0.676 bits per heavy atom. The first-order valence-electron chi connectivity index (χ1n) is 13.4. The maximum absolute atomic E-state index is 10.7. The van der Waals surface area contributed by atoms with Crippen molar-refractivity contribution in [1.29, 1.82) is 0 Å². The highest BCUT2D eigenvalue weighted by atomic mass is 28.3. The Bertz CT molecular complexity index is 934. The Morgan fingerprint density at radius 3 is 1.43 bits per heavy atom. The Kier molecular flexibility index (Phi) is 12.9. The number of nitrogens with zero attached hydrogens (tertiary/aromatic N) is 3. The van der Waals surface area contributed by atoms with Crippen LogP contribution in [0.5, 0.6) is 0 Å². The molecule has 0 N–H and O–H groups in total. The quantitative estimate of drug-likeness (QED) is 0.201. The van der Waals surface area contributed by atoms with E-state index in [0.29, 0.717) is 39.0 Å². The number of rotatable bonds is 9. The summed E-state index contributed by atoms with van der Waals surface area (Å²) in [7, 11) is -3.47. The van der Waals surface area contributed by atoms with Gasteiger partial charge in [-0.3, -0.25) is 4.79 Å². The van der Waals surface area contributed by atoms with Crippen molar-refractivity contribution < 1.29 is 18.0 Å². The highest BCUT2D eigenvalue weighted by Crippen LogP contribution is 2.41. The molecule has 3 aromatic heterocycles. The molecule has 37 heavy (non-hydrogen) atoms. The van der Waals surface area contributed by atoms with Gasteiger partial charge in [0.2, 0.25) is 0 Å². The third kappa shape index (κ3) is 7.19. The van der Waals surface area contributed by atoms with Crippen molar-refractivity contribution >= 4 is 33.5 Å². The smallest absolute Gasteiger partial charge is 0.187 e. The zero-order valence-corrected chi connectivity index (χ0v) is 27.0. The molecule has 0 aliphatic carbocycles. The van der Waals surface area contributed by atoms with Gasteiger partial charge in [-0.15, -0.1) is 0 Å². The van der Waals surface area contributed by atoms with Gasteiger partial charge in [-0.25, -0.2) is 15.0 Å². The van der Waals surface area contributed by atoms with Gasteiger partial charge < -0.3 is 13.3 Å². The Morgan fingerprint density at radius 2 is 1.16 bits per heavy atom. The summed E-state index contributed by atoms with van der Waals surface area (Å²) in [6, 6.07) is 0. The van der Waals surface area contributed by atoms with Crippen molar-refractivity contribution in [3.63, 3.8) is 0 Å². The zero-order chi connectivity index (χ0) is 28.4. The van der Waals surface area contributed by atoms with Gasteiger partial charge in [-0.05, 0) is 33.2 Å². The summed E-state index contributed by atoms with van der Waals surface area (Å²) in [6.07, 6.45) is 10.3.